The van der Waals surface area contributed by atoms with Crippen LogP contribution in [0.4, 0.5) is 0 Å². The van der Waals surface area contributed by atoms with Crippen molar-refractivity contribution in [2.24, 2.45) is 0 Å². The van der Waals surface area contributed by atoms with E-state index in [-0.39, 0.29) is 18.9 Å². The quantitative estimate of drug-likeness (QED) is 0.0285. The lowest BCUT2D eigenvalue weighted by Crippen LogP contribution is -2.66. The van der Waals surface area contributed by atoms with Crippen molar-refractivity contribution in [2.75, 3.05) is 26.4 Å². The summed E-state index contributed by atoms with van der Waals surface area (Å²) in [5, 5.41) is 120. The maximum Gasteiger partial charge on any atom is 0.220 e. The molecule has 0 aromatic carbocycles. The second kappa shape index (κ2) is 41.9. The third-order valence-electron chi connectivity index (χ3n) is 14.9. The Morgan fingerprint density at radius 3 is 1.32 bits per heavy atom. The van der Waals surface area contributed by atoms with Crippen LogP contribution in [0.1, 0.15) is 194 Å². The summed E-state index contributed by atoms with van der Waals surface area (Å²) < 4.78 is 34.2. The van der Waals surface area contributed by atoms with Crippen LogP contribution in [-0.2, 0) is 33.2 Å². The summed E-state index contributed by atoms with van der Waals surface area (Å²) in [6.07, 6.45) is 17.1. The highest BCUT2D eigenvalue weighted by Crippen LogP contribution is 2.33. The molecule has 1 amide bonds. The number of amides is 1. The molecule has 0 radical (unpaired) electrons. The normalized spacial score (nSPS) is 30.9. The summed E-state index contributed by atoms with van der Waals surface area (Å²) in [5.74, 6) is -0.297. The SMILES string of the molecule is CCCCC/C=C\CCCCCCCC(=O)NC(COC1OC(CO)C(OC2OC(CO)C(OC3OC(CO)C(O)C(O)C3O)C(O)C2O)C(O)C1O)C(O)/C=C/CC/C=C/CCCCCCCCCCCCCCCC. The van der Waals surface area contributed by atoms with E-state index in [4.69, 9.17) is 28.4 Å². The number of carbonyl (C=O) groups excluding carboxylic acids is 1. The van der Waals surface area contributed by atoms with Crippen LogP contribution >= 0.6 is 0 Å². The minimum Gasteiger partial charge on any atom is -0.394 e. The van der Waals surface area contributed by atoms with Crippen LogP contribution in [0, 0.1) is 0 Å². The number of allylic oxidation sites excluding steroid dienone is 5. The first-order chi connectivity index (χ1) is 37.3. The van der Waals surface area contributed by atoms with Crippen LogP contribution < -0.4 is 5.32 Å². The van der Waals surface area contributed by atoms with E-state index in [1.807, 2.05) is 6.08 Å². The van der Waals surface area contributed by atoms with Crippen molar-refractivity contribution < 1.29 is 89.4 Å². The number of unbranched alkanes of at least 4 members (excludes halogenated alkanes) is 23. The van der Waals surface area contributed by atoms with Crippen LogP contribution in [0.3, 0.4) is 0 Å². The van der Waals surface area contributed by atoms with Gasteiger partial charge in [-0.05, 0) is 57.8 Å². The standard InChI is InChI=1S/C58H105NO18/c1-3-5-7-9-11-13-15-17-18-19-20-21-22-23-24-25-27-29-31-33-35-42(63)41(59-46(64)36-34-32-30-28-26-16-14-12-10-8-6-4-2)40-72-56-52(70)49(67)54(44(38-61)74-56)77-58-53(71)50(68)55(45(39-62)75-58)76-57-51(69)48(66)47(65)43(37-60)73-57/h12,14,25,27,33,35,41-45,47-58,60-63,65-71H,3-11,13,15-24,26,28-32,34,36-40H2,1-2H3,(H,59,64)/b14-12-,27-25+,35-33+. The summed E-state index contributed by atoms with van der Waals surface area (Å²) in [4.78, 5) is 13.3. The van der Waals surface area contributed by atoms with Crippen LogP contribution in [0.25, 0.3) is 0 Å². The van der Waals surface area contributed by atoms with Gasteiger partial charge in [0.2, 0.25) is 5.91 Å². The largest absolute Gasteiger partial charge is 0.394 e. The van der Waals surface area contributed by atoms with E-state index in [9.17, 15) is 61.0 Å². The molecule has 3 saturated heterocycles. The Morgan fingerprint density at radius 1 is 0.455 bits per heavy atom. The molecule has 3 heterocycles. The van der Waals surface area contributed by atoms with E-state index >= 15 is 0 Å². The van der Waals surface area contributed by atoms with E-state index in [0.717, 1.165) is 57.8 Å². The molecule has 0 aromatic heterocycles. The van der Waals surface area contributed by atoms with Crippen molar-refractivity contribution in [3.8, 4) is 0 Å². The van der Waals surface area contributed by atoms with E-state index < -0.39 is 124 Å². The van der Waals surface area contributed by atoms with Crippen molar-refractivity contribution in [1.29, 1.82) is 0 Å². The highest BCUT2D eigenvalue weighted by Gasteiger charge is 2.53. The minimum absolute atomic E-state index is 0.225. The number of hydrogen-bond donors (Lipinski definition) is 12. The molecule has 3 rings (SSSR count). The van der Waals surface area contributed by atoms with Gasteiger partial charge in [0, 0.05) is 6.42 Å². The van der Waals surface area contributed by atoms with Crippen LogP contribution in [0.2, 0.25) is 0 Å². The average molecular weight is 1100 g/mol. The molecular formula is C58H105NO18. The predicted molar refractivity (Wildman–Crippen MR) is 291 cm³/mol. The van der Waals surface area contributed by atoms with Gasteiger partial charge in [0.05, 0.1) is 38.6 Å². The van der Waals surface area contributed by atoms with Crippen molar-refractivity contribution in [1.82, 2.24) is 5.32 Å². The summed E-state index contributed by atoms with van der Waals surface area (Å²) in [6, 6.07) is -0.992. The van der Waals surface area contributed by atoms with Gasteiger partial charge in [-0.3, -0.25) is 4.79 Å². The first kappa shape index (κ1) is 69.3. The molecule has 3 aliphatic rings. The molecule has 12 N–H and O–H groups in total. The lowest BCUT2D eigenvalue weighted by Gasteiger charge is -2.48. The molecule has 0 aromatic rings. The van der Waals surface area contributed by atoms with Gasteiger partial charge < -0.3 is 89.9 Å². The topological polar surface area (TPSA) is 307 Å². The van der Waals surface area contributed by atoms with Gasteiger partial charge in [0.25, 0.3) is 0 Å². The number of aliphatic hydroxyl groups excluding tert-OH is 11. The molecule has 0 aliphatic carbocycles. The van der Waals surface area contributed by atoms with Gasteiger partial charge in [0.15, 0.2) is 18.9 Å². The third kappa shape index (κ3) is 26.2. The molecule has 3 aliphatic heterocycles. The summed E-state index contributed by atoms with van der Waals surface area (Å²) in [7, 11) is 0. The van der Waals surface area contributed by atoms with Gasteiger partial charge in [-0.25, -0.2) is 0 Å². The van der Waals surface area contributed by atoms with Gasteiger partial charge in [-0.2, -0.15) is 0 Å². The van der Waals surface area contributed by atoms with Crippen molar-refractivity contribution in [3.05, 3.63) is 36.5 Å². The fourth-order valence-corrected chi connectivity index (χ4v) is 9.96. The molecule has 77 heavy (non-hydrogen) atoms. The Labute approximate surface area is 460 Å². The number of hydrogen-bond acceptors (Lipinski definition) is 18. The molecule has 19 heteroatoms. The van der Waals surface area contributed by atoms with Crippen molar-refractivity contribution in [3.63, 3.8) is 0 Å². The number of rotatable bonds is 43. The highest BCUT2D eigenvalue weighted by molar-refractivity contribution is 5.76. The fraction of sp³-hybridized carbons (Fsp3) is 0.879. The average Bonchev–Trinajstić information content (AvgIpc) is 3.43. The molecular weight excluding hydrogens is 999 g/mol. The highest BCUT2D eigenvalue weighted by atomic mass is 16.8. The summed E-state index contributed by atoms with van der Waals surface area (Å²) in [5.41, 5.74) is 0. The molecule has 0 bridgehead atoms. The number of aliphatic hydroxyl groups is 11. The van der Waals surface area contributed by atoms with E-state index in [1.165, 1.54) is 103 Å². The van der Waals surface area contributed by atoms with Gasteiger partial charge in [-0.15, -0.1) is 0 Å². The lowest BCUT2D eigenvalue weighted by atomic mass is 9.96. The molecule has 17 atom stereocenters. The van der Waals surface area contributed by atoms with Crippen molar-refractivity contribution >= 4 is 5.91 Å². The molecule has 450 valence electrons. The molecule has 0 spiro atoms. The Bertz CT molecular complexity index is 1550. The summed E-state index contributed by atoms with van der Waals surface area (Å²) in [6.45, 7) is 1.66. The van der Waals surface area contributed by atoms with E-state index in [0.29, 0.717) is 12.8 Å². The van der Waals surface area contributed by atoms with E-state index in [2.05, 4.69) is 43.5 Å². The minimum atomic E-state index is -1.98. The molecule has 3 fully saturated rings. The predicted octanol–water partition coefficient (Wildman–Crippen LogP) is 4.93. The van der Waals surface area contributed by atoms with Gasteiger partial charge in [-0.1, -0.05) is 166 Å². The third-order valence-corrected chi connectivity index (χ3v) is 14.9. The monoisotopic (exact) mass is 1100 g/mol. The Morgan fingerprint density at radius 2 is 0.831 bits per heavy atom. The van der Waals surface area contributed by atoms with E-state index in [1.54, 1.807) is 6.08 Å². The lowest BCUT2D eigenvalue weighted by molar-refractivity contribution is -0.379. The second-order valence-electron chi connectivity index (χ2n) is 21.4. The van der Waals surface area contributed by atoms with Crippen LogP contribution in [0.15, 0.2) is 36.5 Å². The molecule has 0 saturated carbocycles. The van der Waals surface area contributed by atoms with Crippen LogP contribution in [0.5, 0.6) is 0 Å². The number of nitrogens with one attached hydrogen (secondary N) is 1. The zero-order valence-electron chi connectivity index (χ0n) is 46.7. The Balaban J connectivity index is 1.52. The van der Waals surface area contributed by atoms with Crippen LogP contribution in [-0.4, -0.2) is 193 Å². The Kier molecular flexibility index (Phi) is 37.7. The first-order valence-electron chi connectivity index (χ1n) is 29.7. The second-order valence-corrected chi connectivity index (χ2v) is 21.4. The van der Waals surface area contributed by atoms with Gasteiger partial charge >= 0.3 is 0 Å². The maximum absolute atomic E-state index is 13.3. The molecule has 17 unspecified atom stereocenters. The first-order valence-corrected chi connectivity index (χ1v) is 29.7. The zero-order valence-corrected chi connectivity index (χ0v) is 46.7. The number of carbonyl (C=O) groups is 1. The number of ether oxygens (including phenoxy) is 6. The summed E-state index contributed by atoms with van der Waals surface area (Å²) >= 11 is 0. The van der Waals surface area contributed by atoms with Gasteiger partial charge in [0.1, 0.15) is 73.2 Å². The molecule has 19 nitrogen and oxygen atoms in total. The fourth-order valence-electron chi connectivity index (χ4n) is 9.96. The van der Waals surface area contributed by atoms with Crippen molar-refractivity contribution in [2.45, 2.75) is 298 Å². The Hall–Kier alpha value is -1.99. The smallest absolute Gasteiger partial charge is 0.220 e. The zero-order chi connectivity index (χ0) is 56.2. The maximum atomic E-state index is 13.3.